The number of pyridine rings is 1. The maximum absolute atomic E-state index is 12.0. The van der Waals surface area contributed by atoms with Gasteiger partial charge in [-0.05, 0) is 42.4 Å². The van der Waals surface area contributed by atoms with Crippen LogP contribution in [0.15, 0.2) is 47.6 Å². The number of anilines is 1. The molecule has 0 aliphatic carbocycles. The van der Waals surface area contributed by atoms with E-state index in [0.717, 1.165) is 43.5 Å². The first-order valence-electron chi connectivity index (χ1n) is 10.6. The fourth-order valence-corrected chi connectivity index (χ4v) is 3.39. The molecule has 0 atom stereocenters. The Kier molecular flexibility index (Phi) is 10.2. The van der Waals surface area contributed by atoms with Crippen molar-refractivity contribution in [2.75, 3.05) is 59.3 Å². The number of carbonyl (C=O) groups is 1. The zero-order chi connectivity index (χ0) is 22.2. The number of amides is 1. The molecule has 8 nitrogen and oxygen atoms in total. The summed E-state index contributed by atoms with van der Waals surface area (Å²) in [6.45, 7) is 5.42. The van der Waals surface area contributed by atoms with Crippen LogP contribution in [-0.2, 0) is 13.1 Å². The minimum atomic E-state index is 0. The van der Waals surface area contributed by atoms with E-state index in [2.05, 4.69) is 43.5 Å². The molecular formula is C23H34IN7O. The van der Waals surface area contributed by atoms with Gasteiger partial charge in [-0.2, -0.15) is 0 Å². The quantitative estimate of drug-likeness (QED) is 0.325. The number of rotatable bonds is 6. The van der Waals surface area contributed by atoms with Crippen LogP contribution in [0.25, 0.3) is 0 Å². The fraction of sp³-hybridized carbons (Fsp3) is 0.435. The van der Waals surface area contributed by atoms with Crippen molar-refractivity contribution in [3.63, 3.8) is 0 Å². The van der Waals surface area contributed by atoms with Gasteiger partial charge in [0.15, 0.2) is 5.96 Å². The second-order valence-corrected chi connectivity index (χ2v) is 7.99. The van der Waals surface area contributed by atoms with E-state index in [9.17, 15) is 4.79 Å². The third kappa shape index (κ3) is 7.33. The zero-order valence-electron chi connectivity index (χ0n) is 19.3. The highest BCUT2D eigenvalue weighted by atomic mass is 127. The average molecular weight is 551 g/mol. The summed E-state index contributed by atoms with van der Waals surface area (Å²) in [4.78, 5) is 27.1. The Morgan fingerprint density at radius 3 is 2.25 bits per heavy atom. The number of hydrogen-bond acceptors (Lipinski definition) is 5. The van der Waals surface area contributed by atoms with Crippen molar-refractivity contribution in [3.05, 3.63) is 59.3 Å². The van der Waals surface area contributed by atoms with Gasteiger partial charge in [-0.25, -0.2) is 4.98 Å². The number of aromatic nitrogens is 1. The smallest absolute Gasteiger partial charge is 0.253 e. The van der Waals surface area contributed by atoms with Gasteiger partial charge >= 0.3 is 0 Å². The van der Waals surface area contributed by atoms with E-state index in [4.69, 9.17) is 0 Å². The number of aliphatic imine (C=N–C) groups is 1. The molecule has 0 saturated carbocycles. The summed E-state index contributed by atoms with van der Waals surface area (Å²) in [5.41, 5.74) is 2.93. The largest absolute Gasteiger partial charge is 0.354 e. The van der Waals surface area contributed by atoms with Gasteiger partial charge in [0, 0.05) is 72.2 Å². The molecule has 1 aliphatic heterocycles. The highest BCUT2D eigenvalue weighted by Gasteiger charge is 2.15. The Morgan fingerprint density at radius 1 is 1.03 bits per heavy atom. The standard InChI is InChI=1S/C23H33N7O.HI/c1-24-23(26-16-18-5-7-20(8-6-18)22(31)28(2)3)27-17-19-9-10-25-21(15-19)30-13-11-29(4)12-14-30;/h5-10,15H,11-14,16-17H2,1-4H3,(H2,24,26,27);1H. The molecule has 1 saturated heterocycles. The number of piperazine rings is 1. The Hall–Kier alpha value is -2.40. The van der Waals surface area contributed by atoms with Gasteiger partial charge in [0.1, 0.15) is 5.82 Å². The summed E-state index contributed by atoms with van der Waals surface area (Å²) in [6.07, 6.45) is 1.87. The van der Waals surface area contributed by atoms with E-state index >= 15 is 0 Å². The van der Waals surface area contributed by atoms with Gasteiger partial charge in [-0.15, -0.1) is 24.0 Å². The molecule has 0 radical (unpaired) electrons. The lowest BCUT2D eigenvalue weighted by Crippen LogP contribution is -2.44. The highest BCUT2D eigenvalue weighted by molar-refractivity contribution is 14.0. The molecule has 1 aliphatic rings. The topological polar surface area (TPSA) is 76.1 Å². The van der Waals surface area contributed by atoms with Crippen LogP contribution in [0.1, 0.15) is 21.5 Å². The van der Waals surface area contributed by atoms with Crippen LogP contribution in [0.5, 0.6) is 0 Å². The normalized spacial score (nSPS) is 14.5. The second kappa shape index (κ2) is 12.6. The van der Waals surface area contributed by atoms with Crippen LogP contribution in [0.4, 0.5) is 5.82 Å². The molecule has 2 N–H and O–H groups in total. The van der Waals surface area contributed by atoms with Gasteiger partial charge in [-0.1, -0.05) is 12.1 Å². The first kappa shape index (κ1) is 25.9. The maximum atomic E-state index is 12.0. The molecule has 0 unspecified atom stereocenters. The number of nitrogens with one attached hydrogen (secondary N) is 2. The minimum absolute atomic E-state index is 0. The van der Waals surface area contributed by atoms with Crippen molar-refractivity contribution in [3.8, 4) is 0 Å². The molecule has 0 bridgehead atoms. The van der Waals surface area contributed by atoms with Crippen molar-refractivity contribution in [2.24, 2.45) is 4.99 Å². The van der Waals surface area contributed by atoms with Gasteiger partial charge in [0.25, 0.3) is 5.91 Å². The third-order valence-electron chi connectivity index (χ3n) is 5.39. The summed E-state index contributed by atoms with van der Waals surface area (Å²) in [7, 11) is 7.42. The number of guanidine groups is 1. The number of nitrogens with zero attached hydrogens (tertiary/aromatic N) is 5. The Balaban J connectivity index is 0.00000363. The molecular weight excluding hydrogens is 517 g/mol. The highest BCUT2D eigenvalue weighted by Crippen LogP contribution is 2.14. The van der Waals surface area contributed by atoms with E-state index < -0.39 is 0 Å². The molecule has 1 fully saturated rings. The van der Waals surface area contributed by atoms with Crippen molar-refractivity contribution >= 4 is 41.7 Å². The molecule has 2 heterocycles. The molecule has 3 rings (SSSR count). The Morgan fingerprint density at radius 2 is 1.66 bits per heavy atom. The van der Waals surface area contributed by atoms with Crippen molar-refractivity contribution in [1.82, 2.24) is 25.4 Å². The number of likely N-dealkylation sites (N-methyl/N-ethyl adjacent to an activating group) is 1. The van der Waals surface area contributed by atoms with Crippen LogP contribution >= 0.6 is 24.0 Å². The molecule has 32 heavy (non-hydrogen) atoms. The van der Waals surface area contributed by atoms with Gasteiger partial charge in [0.05, 0.1) is 0 Å². The minimum Gasteiger partial charge on any atom is -0.354 e. The predicted octanol–water partition coefficient (Wildman–Crippen LogP) is 2.02. The lowest BCUT2D eigenvalue weighted by molar-refractivity contribution is 0.0827. The molecule has 1 aromatic carbocycles. The van der Waals surface area contributed by atoms with Crippen LogP contribution < -0.4 is 15.5 Å². The summed E-state index contributed by atoms with van der Waals surface area (Å²) in [5.74, 6) is 1.76. The van der Waals surface area contributed by atoms with Gasteiger partial charge < -0.3 is 25.3 Å². The third-order valence-corrected chi connectivity index (χ3v) is 5.39. The Labute approximate surface area is 208 Å². The van der Waals surface area contributed by atoms with Crippen molar-refractivity contribution < 1.29 is 4.79 Å². The number of benzene rings is 1. The van der Waals surface area contributed by atoms with Crippen LogP contribution in [0.3, 0.4) is 0 Å². The van der Waals surface area contributed by atoms with E-state index in [1.807, 2.05) is 36.5 Å². The molecule has 1 amide bonds. The fourth-order valence-electron chi connectivity index (χ4n) is 3.39. The molecule has 2 aromatic rings. The van der Waals surface area contributed by atoms with Gasteiger partial charge in [-0.3, -0.25) is 9.79 Å². The first-order chi connectivity index (χ1) is 15.0. The average Bonchev–Trinajstić information content (AvgIpc) is 2.79. The van der Waals surface area contributed by atoms with Crippen LogP contribution in [0.2, 0.25) is 0 Å². The molecule has 0 spiro atoms. The molecule has 174 valence electrons. The number of carbonyl (C=O) groups excluding carboxylic acids is 1. The number of halogens is 1. The van der Waals surface area contributed by atoms with E-state index in [1.165, 1.54) is 5.56 Å². The second-order valence-electron chi connectivity index (χ2n) is 7.99. The van der Waals surface area contributed by atoms with E-state index in [0.29, 0.717) is 18.7 Å². The maximum Gasteiger partial charge on any atom is 0.253 e. The SMILES string of the molecule is CN=C(NCc1ccc(C(=O)N(C)C)cc1)NCc1ccnc(N2CCN(C)CC2)c1.I. The van der Waals surface area contributed by atoms with Crippen LogP contribution in [-0.4, -0.2) is 81.0 Å². The lowest BCUT2D eigenvalue weighted by Gasteiger charge is -2.33. The number of hydrogen-bond donors (Lipinski definition) is 2. The Bertz CT molecular complexity index is 893. The lowest BCUT2D eigenvalue weighted by atomic mass is 10.1. The monoisotopic (exact) mass is 551 g/mol. The summed E-state index contributed by atoms with van der Waals surface area (Å²) in [6, 6.07) is 11.8. The van der Waals surface area contributed by atoms with Crippen molar-refractivity contribution in [2.45, 2.75) is 13.1 Å². The zero-order valence-corrected chi connectivity index (χ0v) is 21.7. The summed E-state index contributed by atoms with van der Waals surface area (Å²) in [5, 5.41) is 6.68. The van der Waals surface area contributed by atoms with E-state index in [-0.39, 0.29) is 29.9 Å². The van der Waals surface area contributed by atoms with Crippen LogP contribution in [0, 0.1) is 0 Å². The summed E-state index contributed by atoms with van der Waals surface area (Å²) >= 11 is 0. The molecule has 1 aromatic heterocycles. The summed E-state index contributed by atoms with van der Waals surface area (Å²) < 4.78 is 0. The van der Waals surface area contributed by atoms with Crippen molar-refractivity contribution in [1.29, 1.82) is 0 Å². The predicted molar refractivity (Wildman–Crippen MR) is 141 cm³/mol. The van der Waals surface area contributed by atoms with Gasteiger partial charge in [0.2, 0.25) is 0 Å². The first-order valence-corrected chi connectivity index (χ1v) is 10.6. The van der Waals surface area contributed by atoms with E-state index in [1.54, 1.807) is 26.0 Å². The molecule has 9 heteroatoms.